The van der Waals surface area contributed by atoms with Crippen molar-refractivity contribution in [1.82, 2.24) is 9.55 Å². The first-order valence-corrected chi connectivity index (χ1v) is 11.8. The number of ether oxygens (including phenoxy) is 2. The standard InChI is InChI=1S/C28H34N3O2/c1-17(2)27-30-15-14-20-19-10-8-9-11-21(19)29-24(20)25(30)26(28(3,4)5)31(27)18-12-13-22(32-6)23(16-18)33-7/h8-13,16-17,29H,14-15H2,1-7H3/q+1. The smallest absolute Gasteiger partial charge is 0.265 e. The van der Waals surface area contributed by atoms with Gasteiger partial charge >= 0.3 is 0 Å². The number of fused-ring (bicyclic) bond motifs is 5. The van der Waals surface area contributed by atoms with Crippen molar-refractivity contribution in [1.29, 1.82) is 0 Å². The molecule has 0 radical (unpaired) electrons. The molecule has 4 aromatic rings. The maximum atomic E-state index is 5.67. The van der Waals surface area contributed by atoms with Crippen LogP contribution in [-0.4, -0.2) is 23.8 Å². The molecule has 0 amide bonds. The number of para-hydroxylation sites is 1. The fourth-order valence-corrected chi connectivity index (χ4v) is 5.43. The highest BCUT2D eigenvalue weighted by Gasteiger charge is 2.42. The Morgan fingerprint density at radius 1 is 1.00 bits per heavy atom. The van der Waals surface area contributed by atoms with Crippen molar-refractivity contribution in [3.8, 4) is 28.6 Å². The van der Waals surface area contributed by atoms with Gasteiger partial charge in [-0.15, -0.1) is 0 Å². The number of nitrogens with zero attached hydrogens (tertiary/aromatic N) is 2. The number of nitrogens with one attached hydrogen (secondary N) is 1. The van der Waals surface area contributed by atoms with E-state index in [9.17, 15) is 0 Å². The molecule has 172 valence electrons. The Kier molecular flexibility index (Phi) is 5.04. The van der Waals surface area contributed by atoms with Gasteiger partial charge in [0.2, 0.25) is 0 Å². The maximum absolute atomic E-state index is 5.67. The lowest BCUT2D eigenvalue weighted by atomic mass is 9.87. The number of methoxy groups -OCH3 is 2. The van der Waals surface area contributed by atoms with Crippen LogP contribution in [0.25, 0.3) is 28.0 Å². The number of benzene rings is 2. The highest BCUT2D eigenvalue weighted by atomic mass is 16.5. The third-order valence-corrected chi connectivity index (χ3v) is 6.71. The fraction of sp³-hybridized carbons (Fsp3) is 0.393. The molecule has 5 nitrogen and oxygen atoms in total. The summed E-state index contributed by atoms with van der Waals surface area (Å²) >= 11 is 0. The second-order valence-electron chi connectivity index (χ2n) is 10.3. The largest absolute Gasteiger partial charge is 0.493 e. The number of hydrogen-bond acceptors (Lipinski definition) is 2. The van der Waals surface area contributed by atoms with Crippen LogP contribution < -0.4 is 14.0 Å². The van der Waals surface area contributed by atoms with E-state index in [1.54, 1.807) is 14.2 Å². The van der Waals surface area contributed by atoms with Gasteiger partial charge in [-0.05, 0) is 23.8 Å². The van der Waals surface area contributed by atoms with Gasteiger partial charge in [0, 0.05) is 28.8 Å². The third kappa shape index (κ3) is 3.25. The molecule has 0 unspecified atom stereocenters. The van der Waals surface area contributed by atoms with Gasteiger partial charge in [0.05, 0.1) is 32.4 Å². The highest BCUT2D eigenvalue weighted by Crippen LogP contribution is 2.42. The molecule has 1 N–H and O–H groups in total. The molecule has 0 saturated carbocycles. The van der Waals surface area contributed by atoms with Crippen LogP contribution in [0.5, 0.6) is 11.5 Å². The number of aryl methyl sites for hydroxylation is 1. The summed E-state index contributed by atoms with van der Waals surface area (Å²) in [7, 11) is 3.38. The summed E-state index contributed by atoms with van der Waals surface area (Å²) < 4.78 is 16.2. The molecule has 0 aliphatic carbocycles. The summed E-state index contributed by atoms with van der Waals surface area (Å²) in [5.74, 6) is 3.14. The van der Waals surface area contributed by atoms with Crippen LogP contribution in [0.1, 0.15) is 57.6 Å². The van der Waals surface area contributed by atoms with Gasteiger partial charge in [-0.3, -0.25) is 0 Å². The number of aromatic amines is 1. The van der Waals surface area contributed by atoms with Crippen LogP contribution in [0.4, 0.5) is 0 Å². The Morgan fingerprint density at radius 3 is 2.39 bits per heavy atom. The van der Waals surface area contributed by atoms with Crippen LogP contribution in [0.3, 0.4) is 0 Å². The van der Waals surface area contributed by atoms with Crippen molar-refractivity contribution in [2.24, 2.45) is 0 Å². The van der Waals surface area contributed by atoms with E-state index in [1.165, 1.54) is 39.4 Å². The van der Waals surface area contributed by atoms with Crippen molar-refractivity contribution in [2.75, 3.05) is 14.2 Å². The number of hydrogen-bond donors (Lipinski definition) is 1. The van der Waals surface area contributed by atoms with Gasteiger partial charge in [-0.1, -0.05) is 52.8 Å². The Morgan fingerprint density at radius 2 is 1.73 bits per heavy atom. The van der Waals surface area contributed by atoms with Gasteiger partial charge in [-0.2, -0.15) is 4.57 Å². The lowest BCUT2D eigenvalue weighted by Gasteiger charge is -2.20. The average molecular weight is 445 g/mol. The van der Waals surface area contributed by atoms with E-state index in [0.717, 1.165) is 30.2 Å². The minimum absolute atomic E-state index is 0.0801. The molecule has 33 heavy (non-hydrogen) atoms. The van der Waals surface area contributed by atoms with Gasteiger partial charge in [0.15, 0.2) is 22.9 Å². The predicted molar refractivity (Wildman–Crippen MR) is 133 cm³/mol. The quantitative estimate of drug-likeness (QED) is 0.398. The van der Waals surface area contributed by atoms with Crippen LogP contribution >= 0.6 is 0 Å². The zero-order valence-corrected chi connectivity index (χ0v) is 20.7. The molecule has 0 spiro atoms. The lowest BCUT2D eigenvalue weighted by molar-refractivity contribution is -0.695. The van der Waals surface area contributed by atoms with Crippen LogP contribution in [0.2, 0.25) is 0 Å². The molecule has 2 aromatic heterocycles. The molecular weight excluding hydrogens is 410 g/mol. The summed E-state index contributed by atoms with van der Waals surface area (Å²) in [6.45, 7) is 12.5. The Balaban J connectivity index is 1.89. The number of H-pyrrole nitrogens is 1. The van der Waals surface area contributed by atoms with E-state index in [-0.39, 0.29) is 5.41 Å². The van der Waals surface area contributed by atoms with Crippen LogP contribution in [0.15, 0.2) is 42.5 Å². The average Bonchev–Trinajstić information content (AvgIpc) is 3.34. The summed E-state index contributed by atoms with van der Waals surface area (Å²) in [5, 5.41) is 1.34. The number of imidazole rings is 1. The van der Waals surface area contributed by atoms with E-state index in [1.807, 2.05) is 6.07 Å². The zero-order valence-electron chi connectivity index (χ0n) is 20.7. The third-order valence-electron chi connectivity index (χ3n) is 6.71. The maximum Gasteiger partial charge on any atom is 0.265 e. The molecule has 1 aliphatic rings. The first-order chi connectivity index (χ1) is 15.8. The first kappa shape index (κ1) is 21.6. The van der Waals surface area contributed by atoms with Crippen molar-refractivity contribution in [3.05, 3.63) is 59.5 Å². The second kappa shape index (κ2) is 7.68. The summed E-state index contributed by atoms with van der Waals surface area (Å²) in [6.07, 6.45) is 1.02. The van der Waals surface area contributed by atoms with E-state index >= 15 is 0 Å². The van der Waals surface area contributed by atoms with Crippen LogP contribution in [0, 0.1) is 0 Å². The summed E-state index contributed by atoms with van der Waals surface area (Å²) in [6, 6.07) is 14.9. The van der Waals surface area contributed by atoms with E-state index in [0.29, 0.717) is 5.92 Å². The molecule has 0 bridgehead atoms. The fourth-order valence-electron chi connectivity index (χ4n) is 5.43. The summed E-state index contributed by atoms with van der Waals surface area (Å²) in [4.78, 5) is 3.78. The van der Waals surface area contributed by atoms with Gasteiger partial charge in [-0.25, -0.2) is 4.57 Å². The van der Waals surface area contributed by atoms with E-state index in [2.05, 4.69) is 85.1 Å². The molecule has 1 aliphatic heterocycles. The SMILES string of the molecule is COc1ccc(-n2c(C(C)(C)C)c3[n+](c2C(C)C)CCc2c-3[nH]c3ccccc23)cc1OC. The Bertz CT molecular complexity index is 1350. The van der Waals surface area contributed by atoms with Gasteiger partial charge in [0.25, 0.3) is 5.82 Å². The summed E-state index contributed by atoms with van der Waals surface area (Å²) in [5.41, 5.74) is 7.53. The predicted octanol–water partition coefficient (Wildman–Crippen LogP) is 5.91. The Hall–Kier alpha value is -3.21. The second-order valence-corrected chi connectivity index (χ2v) is 10.3. The molecule has 2 aromatic carbocycles. The van der Waals surface area contributed by atoms with Crippen molar-refractivity contribution in [2.45, 2.75) is 58.9 Å². The molecule has 0 saturated heterocycles. The minimum Gasteiger partial charge on any atom is -0.493 e. The molecular formula is C28H34N3O2+. The van der Waals surface area contributed by atoms with Crippen molar-refractivity contribution in [3.63, 3.8) is 0 Å². The van der Waals surface area contributed by atoms with E-state index in [4.69, 9.17) is 9.47 Å². The molecule has 3 heterocycles. The van der Waals surface area contributed by atoms with Crippen molar-refractivity contribution >= 4 is 10.9 Å². The first-order valence-electron chi connectivity index (χ1n) is 11.8. The van der Waals surface area contributed by atoms with Crippen molar-refractivity contribution < 1.29 is 14.0 Å². The monoisotopic (exact) mass is 444 g/mol. The zero-order chi connectivity index (χ0) is 23.5. The normalized spacial score (nSPS) is 13.3. The van der Waals surface area contributed by atoms with E-state index < -0.39 is 0 Å². The Labute approximate surface area is 196 Å². The molecule has 0 fully saturated rings. The van der Waals surface area contributed by atoms with Gasteiger partial charge in [0.1, 0.15) is 5.69 Å². The van der Waals surface area contributed by atoms with Crippen LogP contribution in [-0.2, 0) is 18.4 Å². The topological polar surface area (TPSA) is 43.1 Å². The number of aromatic nitrogens is 3. The molecule has 0 atom stereocenters. The minimum atomic E-state index is -0.0801. The molecule has 5 rings (SSSR count). The lowest BCUT2D eigenvalue weighted by Crippen LogP contribution is -2.43. The molecule has 5 heteroatoms. The van der Waals surface area contributed by atoms with Gasteiger partial charge < -0.3 is 14.5 Å². The highest BCUT2D eigenvalue weighted by molar-refractivity contribution is 5.90. The number of rotatable bonds is 4.